The van der Waals surface area contributed by atoms with E-state index in [-0.39, 0.29) is 24.5 Å². The van der Waals surface area contributed by atoms with Crippen LogP contribution in [0.25, 0.3) is 0 Å². The summed E-state index contributed by atoms with van der Waals surface area (Å²) in [4.78, 5) is 24.8. The molecule has 0 fully saturated rings. The van der Waals surface area contributed by atoms with E-state index in [1.165, 1.54) is 0 Å². The number of carbonyl (C=O) groups excluding carboxylic acids is 2. The summed E-state index contributed by atoms with van der Waals surface area (Å²) < 4.78 is 5.70. The maximum absolute atomic E-state index is 12.4. The summed E-state index contributed by atoms with van der Waals surface area (Å²) in [6, 6.07) is 14.7. The predicted octanol–water partition coefficient (Wildman–Crippen LogP) is 4.36. The monoisotopic (exact) mass is 368 g/mol. The van der Waals surface area contributed by atoms with Gasteiger partial charge in [-0.25, -0.2) is 0 Å². The summed E-state index contributed by atoms with van der Waals surface area (Å²) >= 11 is 0. The van der Waals surface area contributed by atoms with Crippen LogP contribution in [0.4, 0.5) is 5.69 Å². The van der Waals surface area contributed by atoms with Crippen molar-refractivity contribution in [3.8, 4) is 5.75 Å². The Balaban J connectivity index is 2.03. The Morgan fingerprint density at radius 1 is 1.00 bits per heavy atom. The first kappa shape index (κ1) is 20.5. The van der Waals surface area contributed by atoms with E-state index < -0.39 is 0 Å². The number of hydrogen-bond acceptors (Lipinski definition) is 3. The lowest BCUT2D eigenvalue weighted by molar-refractivity contribution is -0.118. The number of carbonyl (C=O) groups is 2. The Labute approximate surface area is 161 Å². The first-order valence-corrected chi connectivity index (χ1v) is 9.33. The van der Waals surface area contributed by atoms with E-state index in [1.54, 1.807) is 24.3 Å². The first-order valence-electron chi connectivity index (χ1n) is 9.33. The molecule has 27 heavy (non-hydrogen) atoms. The Bertz CT molecular complexity index is 787. The minimum Gasteiger partial charge on any atom is -0.483 e. The zero-order chi connectivity index (χ0) is 19.8. The number of rotatable bonds is 8. The summed E-state index contributed by atoms with van der Waals surface area (Å²) in [5.74, 6) is 0.489. The van der Waals surface area contributed by atoms with Gasteiger partial charge in [-0.3, -0.25) is 9.59 Å². The molecule has 0 radical (unpaired) electrons. The molecule has 0 aliphatic carbocycles. The molecule has 5 heteroatoms. The second kappa shape index (κ2) is 9.76. The van der Waals surface area contributed by atoms with Crippen LogP contribution in [-0.2, 0) is 4.79 Å². The number of hydrogen-bond donors (Lipinski definition) is 2. The van der Waals surface area contributed by atoms with Crippen molar-refractivity contribution in [3.05, 3.63) is 59.7 Å². The van der Waals surface area contributed by atoms with Gasteiger partial charge in [0.2, 0.25) is 0 Å². The van der Waals surface area contributed by atoms with Crippen molar-refractivity contribution >= 4 is 17.5 Å². The third-order valence-electron chi connectivity index (χ3n) is 4.34. The van der Waals surface area contributed by atoms with E-state index in [2.05, 4.69) is 24.5 Å². The fourth-order valence-corrected chi connectivity index (χ4v) is 2.61. The molecular weight excluding hydrogens is 340 g/mol. The highest BCUT2D eigenvalue weighted by atomic mass is 16.5. The molecule has 5 nitrogen and oxygen atoms in total. The lowest BCUT2D eigenvalue weighted by Gasteiger charge is -2.16. The second-order valence-electron chi connectivity index (χ2n) is 6.86. The second-order valence-corrected chi connectivity index (χ2v) is 6.86. The molecule has 0 aliphatic heterocycles. The normalized spacial score (nSPS) is 11.7. The summed E-state index contributed by atoms with van der Waals surface area (Å²) in [7, 11) is 0. The molecule has 2 rings (SSSR count). The minimum atomic E-state index is -0.308. The quantitative estimate of drug-likeness (QED) is 0.728. The average Bonchev–Trinajstić information content (AvgIpc) is 2.66. The molecular formula is C22H28N2O3. The number of para-hydroxylation sites is 2. The van der Waals surface area contributed by atoms with Crippen LogP contribution in [-0.4, -0.2) is 24.5 Å². The number of anilines is 1. The lowest BCUT2D eigenvalue weighted by Crippen LogP contribution is -2.33. The van der Waals surface area contributed by atoms with Crippen molar-refractivity contribution in [2.24, 2.45) is 0 Å². The van der Waals surface area contributed by atoms with E-state index >= 15 is 0 Å². The fraction of sp³-hybridized carbons (Fsp3) is 0.364. The van der Waals surface area contributed by atoms with E-state index in [9.17, 15) is 9.59 Å². The minimum absolute atomic E-state index is 0.0668. The van der Waals surface area contributed by atoms with E-state index in [0.717, 1.165) is 12.0 Å². The van der Waals surface area contributed by atoms with Gasteiger partial charge in [-0.05, 0) is 43.0 Å². The smallest absolute Gasteiger partial charge is 0.262 e. The lowest BCUT2D eigenvalue weighted by atomic mass is 10.0. The van der Waals surface area contributed by atoms with Gasteiger partial charge in [0.15, 0.2) is 6.61 Å². The fourth-order valence-electron chi connectivity index (χ4n) is 2.61. The number of amides is 2. The van der Waals surface area contributed by atoms with Gasteiger partial charge in [0.25, 0.3) is 11.8 Å². The molecule has 0 saturated heterocycles. The van der Waals surface area contributed by atoms with Crippen molar-refractivity contribution < 1.29 is 14.3 Å². The van der Waals surface area contributed by atoms with Crippen molar-refractivity contribution in [2.45, 2.75) is 46.1 Å². The van der Waals surface area contributed by atoms with Crippen LogP contribution < -0.4 is 15.4 Å². The molecule has 2 N–H and O–H groups in total. The molecule has 2 aromatic rings. The SMILES string of the molecule is CC[C@H](C)NC(=O)c1ccccc1NC(=O)COc1ccccc1C(C)C. The molecule has 2 aromatic carbocycles. The van der Waals surface area contributed by atoms with Gasteiger partial charge in [0.1, 0.15) is 5.75 Å². The highest BCUT2D eigenvalue weighted by Gasteiger charge is 2.15. The van der Waals surface area contributed by atoms with Gasteiger partial charge in [0.05, 0.1) is 11.3 Å². The van der Waals surface area contributed by atoms with E-state index in [0.29, 0.717) is 22.9 Å². The number of nitrogens with one attached hydrogen (secondary N) is 2. The van der Waals surface area contributed by atoms with Crippen molar-refractivity contribution in [3.63, 3.8) is 0 Å². The molecule has 0 heterocycles. The molecule has 0 aliphatic rings. The Morgan fingerprint density at radius 2 is 1.67 bits per heavy atom. The summed E-state index contributed by atoms with van der Waals surface area (Å²) in [6.45, 7) is 7.98. The van der Waals surface area contributed by atoms with Crippen LogP contribution in [0, 0.1) is 0 Å². The van der Waals surface area contributed by atoms with Crippen LogP contribution in [0.1, 0.15) is 56.0 Å². The third-order valence-corrected chi connectivity index (χ3v) is 4.34. The van der Waals surface area contributed by atoms with Crippen molar-refractivity contribution in [1.29, 1.82) is 0 Å². The highest BCUT2D eigenvalue weighted by Crippen LogP contribution is 2.25. The zero-order valence-corrected chi connectivity index (χ0v) is 16.4. The molecule has 144 valence electrons. The molecule has 0 bridgehead atoms. The zero-order valence-electron chi connectivity index (χ0n) is 16.4. The summed E-state index contributed by atoms with van der Waals surface area (Å²) in [5.41, 5.74) is 1.97. The van der Waals surface area contributed by atoms with Crippen molar-refractivity contribution in [2.75, 3.05) is 11.9 Å². The van der Waals surface area contributed by atoms with E-state index in [4.69, 9.17) is 4.74 Å². The summed E-state index contributed by atoms with van der Waals surface area (Å²) in [5, 5.41) is 5.69. The van der Waals surface area contributed by atoms with Crippen LogP contribution in [0.3, 0.4) is 0 Å². The molecule has 0 aromatic heterocycles. The average molecular weight is 368 g/mol. The van der Waals surface area contributed by atoms with Crippen molar-refractivity contribution in [1.82, 2.24) is 5.32 Å². The largest absolute Gasteiger partial charge is 0.483 e. The Morgan fingerprint density at radius 3 is 2.37 bits per heavy atom. The van der Waals surface area contributed by atoms with Crippen LogP contribution in [0.2, 0.25) is 0 Å². The molecule has 0 unspecified atom stereocenters. The predicted molar refractivity (Wildman–Crippen MR) is 108 cm³/mol. The molecule has 0 saturated carbocycles. The highest BCUT2D eigenvalue weighted by molar-refractivity contribution is 6.04. The van der Waals surface area contributed by atoms with E-state index in [1.807, 2.05) is 38.1 Å². The Hall–Kier alpha value is -2.82. The Kier molecular flexibility index (Phi) is 7.41. The van der Waals surface area contributed by atoms with Gasteiger partial charge in [-0.2, -0.15) is 0 Å². The maximum Gasteiger partial charge on any atom is 0.262 e. The van der Waals surface area contributed by atoms with Gasteiger partial charge in [0, 0.05) is 6.04 Å². The third kappa shape index (κ3) is 5.84. The van der Waals surface area contributed by atoms with Gasteiger partial charge < -0.3 is 15.4 Å². The standard InChI is InChI=1S/C22H28N2O3/c1-5-16(4)23-22(26)18-11-6-8-12-19(18)24-21(25)14-27-20-13-9-7-10-17(20)15(2)3/h6-13,15-16H,5,14H2,1-4H3,(H,23,26)(H,24,25)/t16-/m0/s1. The molecule has 1 atom stereocenters. The number of benzene rings is 2. The number of ether oxygens (including phenoxy) is 1. The van der Waals surface area contributed by atoms with Crippen LogP contribution in [0.5, 0.6) is 5.75 Å². The van der Waals surface area contributed by atoms with Crippen LogP contribution in [0.15, 0.2) is 48.5 Å². The van der Waals surface area contributed by atoms with Gasteiger partial charge >= 0.3 is 0 Å². The topological polar surface area (TPSA) is 67.4 Å². The van der Waals surface area contributed by atoms with Gasteiger partial charge in [-0.1, -0.05) is 51.1 Å². The van der Waals surface area contributed by atoms with Crippen LogP contribution >= 0.6 is 0 Å². The maximum atomic E-state index is 12.4. The first-order chi connectivity index (χ1) is 12.9. The van der Waals surface area contributed by atoms with Gasteiger partial charge in [-0.15, -0.1) is 0 Å². The molecule has 2 amide bonds. The molecule has 0 spiro atoms. The summed E-state index contributed by atoms with van der Waals surface area (Å²) in [6.07, 6.45) is 0.837.